The van der Waals surface area contributed by atoms with Crippen LogP contribution in [0.15, 0.2) is 24.3 Å². The Kier molecular flexibility index (Phi) is 3.92. The van der Waals surface area contributed by atoms with Gasteiger partial charge in [0.05, 0.1) is 0 Å². The minimum absolute atomic E-state index is 0.147. The molecule has 0 heterocycles. The number of aryl methyl sites for hydroxylation is 1. The van der Waals surface area contributed by atoms with E-state index < -0.39 is 11.1 Å². The SMILES string of the molecule is Cc1cccc(NCCS(=O)[O-])c1. The van der Waals surface area contributed by atoms with Gasteiger partial charge in [-0.05, 0) is 24.6 Å². The molecule has 0 saturated carbocycles. The highest BCUT2D eigenvalue weighted by Gasteiger charge is 1.91. The molecule has 4 heteroatoms. The molecule has 0 aliphatic carbocycles. The monoisotopic (exact) mass is 198 g/mol. The van der Waals surface area contributed by atoms with Crippen molar-refractivity contribution in [1.82, 2.24) is 0 Å². The van der Waals surface area contributed by atoms with E-state index in [4.69, 9.17) is 0 Å². The molecule has 0 radical (unpaired) electrons. The quantitative estimate of drug-likeness (QED) is 0.742. The first-order chi connectivity index (χ1) is 6.18. The van der Waals surface area contributed by atoms with Crippen molar-refractivity contribution < 1.29 is 8.76 Å². The van der Waals surface area contributed by atoms with Crippen LogP contribution in [0.2, 0.25) is 0 Å². The number of benzene rings is 1. The molecular weight excluding hydrogens is 186 g/mol. The molecule has 1 aromatic rings. The molecule has 0 aliphatic heterocycles. The van der Waals surface area contributed by atoms with Gasteiger partial charge in [-0.25, -0.2) is 0 Å². The average molecular weight is 198 g/mol. The van der Waals surface area contributed by atoms with Gasteiger partial charge in [0.15, 0.2) is 0 Å². The number of hydrogen-bond acceptors (Lipinski definition) is 3. The fourth-order valence-electron chi connectivity index (χ4n) is 1.03. The van der Waals surface area contributed by atoms with E-state index in [0.29, 0.717) is 6.54 Å². The Morgan fingerprint density at radius 2 is 2.31 bits per heavy atom. The molecule has 72 valence electrons. The first-order valence-corrected chi connectivity index (χ1v) is 5.29. The highest BCUT2D eigenvalue weighted by Crippen LogP contribution is 2.08. The number of hydrogen-bond donors (Lipinski definition) is 1. The van der Waals surface area contributed by atoms with E-state index in [1.807, 2.05) is 31.2 Å². The molecule has 0 fully saturated rings. The molecule has 1 atom stereocenters. The van der Waals surface area contributed by atoms with Crippen molar-refractivity contribution in [3.63, 3.8) is 0 Å². The minimum Gasteiger partial charge on any atom is -0.772 e. The molecule has 1 unspecified atom stereocenters. The molecule has 1 rings (SSSR count). The van der Waals surface area contributed by atoms with Crippen molar-refractivity contribution >= 4 is 16.8 Å². The standard InChI is InChI=1S/C9H13NO2S/c1-8-3-2-4-9(7-8)10-5-6-13(11)12/h2-4,7,10H,5-6H2,1H3,(H,11,12)/p-1. The van der Waals surface area contributed by atoms with Crippen LogP contribution in [0.5, 0.6) is 0 Å². The van der Waals surface area contributed by atoms with Crippen molar-refractivity contribution in [2.45, 2.75) is 6.92 Å². The number of anilines is 1. The second kappa shape index (κ2) is 4.99. The summed E-state index contributed by atoms with van der Waals surface area (Å²) in [5, 5.41) is 3.02. The molecule has 3 nitrogen and oxygen atoms in total. The zero-order valence-corrected chi connectivity index (χ0v) is 8.26. The van der Waals surface area contributed by atoms with Crippen LogP contribution < -0.4 is 5.32 Å². The molecule has 0 aromatic heterocycles. The van der Waals surface area contributed by atoms with Crippen molar-refractivity contribution in [2.24, 2.45) is 0 Å². The Labute approximate surface area is 80.5 Å². The summed E-state index contributed by atoms with van der Waals surface area (Å²) >= 11 is -1.96. The Balaban J connectivity index is 2.41. The van der Waals surface area contributed by atoms with Gasteiger partial charge in [0.2, 0.25) is 0 Å². The Hall–Kier alpha value is -0.870. The summed E-state index contributed by atoms with van der Waals surface area (Å²) in [6, 6.07) is 7.83. The van der Waals surface area contributed by atoms with Crippen molar-refractivity contribution in [2.75, 3.05) is 17.6 Å². The molecular formula is C9H12NO2S-. The Morgan fingerprint density at radius 3 is 2.92 bits per heavy atom. The minimum atomic E-state index is -1.96. The lowest BCUT2D eigenvalue weighted by atomic mass is 10.2. The van der Waals surface area contributed by atoms with Crippen LogP contribution in [0.1, 0.15) is 5.56 Å². The van der Waals surface area contributed by atoms with E-state index >= 15 is 0 Å². The second-order valence-corrected chi connectivity index (χ2v) is 3.82. The molecule has 0 amide bonds. The second-order valence-electron chi connectivity index (χ2n) is 2.80. The summed E-state index contributed by atoms with van der Waals surface area (Å²) in [7, 11) is 0. The highest BCUT2D eigenvalue weighted by atomic mass is 32.2. The lowest BCUT2D eigenvalue weighted by molar-refractivity contribution is 0.537. The summed E-state index contributed by atoms with van der Waals surface area (Å²) in [4.78, 5) is 0. The Morgan fingerprint density at radius 1 is 1.54 bits per heavy atom. The van der Waals surface area contributed by atoms with Crippen LogP contribution in [0.25, 0.3) is 0 Å². The molecule has 1 N–H and O–H groups in total. The van der Waals surface area contributed by atoms with Gasteiger partial charge in [0, 0.05) is 18.0 Å². The fourth-order valence-corrected chi connectivity index (χ4v) is 1.30. The maximum Gasteiger partial charge on any atom is 0.0343 e. The van der Waals surface area contributed by atoms with E-state index in [1.165, 1.54) is 0 Å². The summed E-state index contributed by atoms with van der Waals surface area (Å²) in [6.07, 6.45) is 0. The van der Waals surface area contributed by atoms with Crippen molar-refractivity contribution in [3.05, 3.63) is 29.8 Å². The van der Waals surface area contributed by atoms with Crippen LogP contribution in [0.3, 0.4) is 0 Å². The first kappa shape index (κ1) is 10.2. The molecule has 0 saturated heterocycles. The third-order valence-corrected chi connectivity index (χ3v) is 2.15. The predicted octanol–water partition coefficient (Wildman–Crippen LogP) is 1.29. The molecule has 13 heavy (non-hydrogen) atoms. The number of rotatable bonds is 4. The third kappa shape index (κ3) is 4.05. The largest absolute Gasteiger partial charge is 0.772 e. The van der Waals surface area contributed by atoms with Gasteiger partial charge in [-0.1, -0.05) is 23.2 Å². The van der Waals surface area contributed by atoms with Crippen LogP contribution in [-0.4, -0.2) is 21.1 Å². The van der Waals surface area contributed by atoms with Crippen LogP contribution in [-0.2, 0) is 11.1 Å². The summed E-state index contributed by atoms with van der Waals surface area (Å²) in [5.41, 5.74) is 2.12. The molecule has 0 spiro atoms. The molecule has 0 bridgehead atoms. The zero-order chi connectivity index (χ0) is 9.68. The van der Waals surface area contributed by atoms with Gasteiger partial charge in [-0.3, -0.25) is 4.21 Å². The molecule has 0 aliphatic rings. The van der Waals surface area contributed by atoms with Crippen molar-refractivity contribution in [3.8, 4) is 0 Å². The average Bonchev–Trinajstić information content (AvgIpc) is 2.03. The first-order valence-electron chi connectivity index (χ1n) is 4.05. The van der Waals surface area contributed by atoms with Gasteiger partial charge in [-0.2, -0.15) is 0 Å². The Bertz CT molecular complexity index is 301. The van der Waals surface area contributed by atoms with E-state index in [0.717, 1.165) is 11.3 Å². The molecule has 1 aromatic carbocycles. The lowest BCUT2D eigenvalue weighted by Crippen LogP contribution is -2.10. The zero-order valence-electron chi connectivity index (χ0n) is 7.45. The van der Waals surface area contributed by atoms with Crippen LogP contribution >= 0.6 is 0 Å². The van der Waals surface area contributed by atoms with Gasteiger partial charge >= 0.3 is 0 Å². The number of nitrogens with one attached hydrogen (secondary N) is 1. The lowest BCUT2D eigenvalue weighted by Gasteiger charge is -2.08. The maximum absolute atomic E-state index is 10.2. The van der Waals surface area contributed by atoms with E-state index in [9.17, 15) is 8.76 Å². The van der Waals surface area contributed by atoms with Gasteiger partial charge in [0.1, 0.15) is 0 Å². The summed E-state index contributed by atoms with van der Waals surface area (Å²) in [6.45, 7) is 2.45. The smallest absolute Gasteiger partial charge is 0.0343 e. The normalized spacial score (nSPS) is 12.5. The fraction of sp³-hybridized carbons (Fsp3) is 0.333. The third-order valence-electron chi connectivity index (χ3n) is 1.62. The van der Waals surface area contributed by atoms with Crippen molar-refractivity contribution in [1.29, 1.82) is 0 Å². The summed E-state index contributed by atoms with van der Waals surface area (Å²) in [5.74, 6) is 0.147. The van der Waals surface area contributed by atoms with E-state index in [2.05, 4.69) is 5.32 Å². The van der Waals surface area contributed by atoms with Crippen LogP contribution in [0, 0.1) is 6.92 Å². The van der Waals surface area contributed by atoms with Gasteiger partial charge < -0.3 is 9.87 Å². The predicted molar refractivity (Wildman–Crippen MR) is 53.5 cm³/mol. The van der Waals surface area contributed by atoms with Gasteiger partial charge in [0.25, 0.3) is 0 Å². The topological polar surface area (TPSA) is 52.2 Å². The summed E-state index contributed by atoms with van der Waals surface area (Å²) < 4.78 is 20.4. The van der Waals surface area contributed by atoms with Gasteiger partial charge in [-0.15, -0.1) is 0 Å². The van der Waals surface area contributed by atoms with Crippen LogP contribution in [0.4, 0.5) is 5.69 Å². The van der Waals surface area contributed by atoms with E-state index in [1.54, 1.807) is 0 Å². The van der Waals surface area contributed by atoms with E-state index in [-0.39, 0.29) is 5.75 Å². The maximum atomic E-state index is 10.2. The highest BCUT2D eigenvalue weighted by molar-refractivity contribution is 7.79.